The molecule has 4 rings (SSSR count). The van der Waals surface area contributed by atoms with Crippen LogP contribution in [0.5, 0.6) is 0 Å². The molecule has 1 aliphatic rings. The molecule has 1 aromatic heterocycles. The lowest BCUT2D eigenvalue weighted by molar-refractivity contribution is 0.194. The Morgan fingerprint density at radius 2 is 1.77 bits per heavy atom. The van der Waals surface area contributed by atoms with Crippen molar-refractivity contribution < 1.29 is 4.79 Å². The van der Waals surface area contributed by atoms with Crippen molar-refractivity contribution in [2.45, 2.75) is 6.54 Å². The third-order valence-electron chi connectivity index (χ3n) is 5.12. The number of urea groups is 1. The Morgan fingerprint density at radius 3 is 2.40 bits per heavy atom. The number of aromatic nitrogens is 3. The van der Waals surface area contributed by atoms with Crippen LogP contribution in [0.3, 0.4) is 0 Å². The third-order valence-corrected chi connectivity index (χ3v) is 5.86. The van der Waals surface area contributed by atoms with Crippen LogP contribution in [0.2, 0.25) is 10.0 Å². The molecule has 30 heavy (non-hydrogen) atoms. The van der Waals surface area contributed by atoms with Gasteiger partial charge in [-0.1, -0.05) is 41.4 Å². The van der Waals surface area contributed by atoms with Gasteiger partial charge < -0.3 is 15.1 Å². The van der Waals surface area contributed by atoms with Crippen LogP contribution in [0.4, 0.5) is 10.5 Å². The molecule has 0 radical (unpaired) electrons. The molecule has 0 atom stereocenters. The van der Waals surface area contributed by atoms with Crippen LogP contribution < -0.4 is 10.2 Å². The number of piperazine rings is 1. The number of rotatable bonds is 4. The second-order valence-corrected chi connectivity index (χ2v) is 7.96. The van der Waals surface area contributed by atoms with Gasteiger partial charge >= 0.3 is 6.03 Å². The summed E-state index contributed by atoms with van der Waals surface area (Å²) in [6, 6.07) is 13.6. The Morgan fingerprint density at radius 1 is 1.03 bits per heavy atom. The molecular formula is C21H22Cl2N6O. The number of anilines is 1. The molecule has 2 heterocycles. The number of halogens is 2. The molecule has 1 N–H and O–H groups in total. The van der Waals surface area contributed by atoms with E-state index < -0.39 is 0 Å². The molecule has 156 valence electrons. The smallest absolute Gasteiger partial charge is 0.317 e. The van der Waals surface area contributed by atoms with Gasteiger partial charge in [-0.15, -0.1) is 0 Å². The molecule has 1 fully saturated rings. The van der Waals surface area contributed by atoms with E-state index in [1.54, 1.807) is 30.2 Å². The topological polar surface area (TPSA) is 66.3 Å². The fourth-order valence-electron chi connectivity index (χ4n) is 3.43. The first-order valence-electron chi connectivity index (χ1n) is 9.68. The predicted octanol–water partition coefficient (Wildman–Crippen LogP) is 3.82. The maximum absolute atomic E-state index is 12.5. The van der Waals surface area contributed by atoms with Crippen LogP contribution in [0, 0.1) is 0 Å². The van der Waals surface area contributed by atoms with Crippen LogP contribution in [0.15, 0.2) is 48.7 Å². The molecule has 7 nitrogen and oxygen atoms in total. The quantitative estimate of drug-likeness (QED) is 0.663. The van der Waals surface area contributed by atoms with Crippen LogP contribution in [0.25, 0.3) is 11.3 Å². The maximum Gasteiger partial charge on any atom is 0.317 e. The van der Waals surface area contributed by atoms with E-state index in [9.17, 15) is 4.79 Å². The van der Waals surface area contributed by atoms with Crippen LogP contribution in [-0.2, 0) is 13.6 Å². The molecule has 1 saturated heterocycles. The van der Waals surface area contributed by atoms with E-state index in [1.165, 1.54) is 0 Å². The van der Waals surface area contributed by atoms with Gasteiger partial charge in [-0.2, -0.15) is 15.0 Å². The number of nitrogens with one attached hydrogen (secondary N) is 1. The fraction of sp³-hybridized carbons (Fsp3) is 0.286. The number of hydrogen-bond acceptors (Lipinski definition) is 4. The zero-order valence-corrected chi connectivity index (χ0v) is 18.1. The first kappa shape index (κ1) is 20.5. The van der Waals surface area contributed by atoms with Gasteiger partial charge in [-0.05, 0) is 29.8 Å². The monoisotopic (exact) mass is 444 g/mol. The Labute approximate surface area is 185 Å². The van der Waals surface area contributed by atoms with Crippen molar-refractivity contribution in [3.8, 4) is 11.3 Å². The molecule has 0 aliphatic carbocycles. The van der Waals surface area contributed by atoms with Gasteiger partial charge in [0.2, 0.25) is 0 Å². The maximum atomic E-state index is 12.5. The molecule has 0 bridgehead atoms. The number of nitrogens with zero attached hydrogens (tertiary/aromatic N) is 5. The summed E-state index contributed by atoms with van der Waals surface area (Å²) in [5, 5.41) is 12.4. The lowest BCUT2D eigenvalue weighted by Gasteiger charge is -2.36. The summed E-state index contributed by atoms with van der Waals surface area (Å²) in [7, 11) is 1.80. The lowest BCUT2D eigenvalue weighted by atomic mass is 10.1. The Kier molecular flexibility index (Phi) is 6.11. The minimum atomic E-state index is -0.0706. The number of carbonyl (C=O) groups is 1. The van der Waals surface area contributed by atoms with Gasteiger partial charge in [0.15, 0.2) is 0 Å². The van der Waals surface area contributed by atoms with Gasteiger partial charge in [0.1, 0.15) is 5.69 Å². The molecule has 0 spiro atoms. The summed E-state index contributed by atoms with van der Waals surface area (Å²) in [5.74, 6) is 0. The molecule has 0 unspecified atom stereocenters. The summed E-state index contributed by atoms with van der Waals surface area (Å²) in [5.41, 5.74) is 3.94. The molecule has 1 aliphatic heterocycles. The van der Waals surface area contributed by atoms with Gasteiger partial charge in [0.25, 0.3) is 0 Å². The summed E-state index contributed by atoms with van der Waals surface area (Å²) in [6.45, 7) is 3.31. The van der Waals surface area contributed by atoms with E-state index in [4.69, 9.17) is 23.2 Å². The largest absolute Gasteiger partial charge is 0.368 e. The van der Waals surface area contributed by atoms with Crippen LogP contribution in [0.1, 0.15) is 5.56 Å². The second-order valence-electron chi connectivity index (χ2n) is 7.15. The zero-order chi connectivity index (χ0) is 21.1. The highest BCUT2D eigenvalue weighted by Gasteiger charge is 2.21. The number of aryl methyl sites for hydroxylation is 1. The summed E-state index contributed by atoms with van der Waals surface area (Å²) in [6.07, 6.45) is 1.75. The Balaban J connectivity index is 1.29. The number of amides is 2. The second kappa shape index (κ2) is 8.93. The molecule has 2 amide bonds. The van der Waals surface area contributed by atoms with Crippen molar-refractivity contribution >= 4 is 34.9 Å². The molecule has 0 saturated carbocycles. The Bertz CT molecular complexity index is 1030. The molecule has 2 aromatic carbocycles. The zero-order valence-electron chi connectivity index (χ0n) is 16.6. The van der Waals surface area contributed by atoms with Gasteiger partial charge in [0.05, 0.1) is 16.2 Å². The average molecular weight is 445 g/mol. The van der Waals surface area contributed by atoms with Gasteiger partial charge in [-0.3, -0.25) is 0 Å². The highest BCUT2D eigenvalue weighted by atomic mass is 35.5. The fourth-order valence-corrected chi connectivity index (χ4v) is 3.75. The minimum absolute atomic E-state index is 0.0706. The van der Waals surface area contributed by atoms with E-state index in [-0.39, 0.29) is 6.03 Å². The molecule has 3 aromatic rings. The summed E-state index contributed by atoms with van der Waals surface area (Å²) < 4.78 is 0. The molecule has 9 heteroatoms. The van der Waals surface area contributed by atoms with Crippen LogP contribution in [-0.4, -0.2) is 52.1 Å². The first-order valence-corrected chi connectivity index (χ1v) is 10.4. The SMILES string of the molecule is Cn1ncc(-c2ccc(N3CCN(C(=O)NCc4ccc(Cl)c(Cl)c4)CC3)cc2)n1. The molecular weight excluding hydrogens is 423 g/mol. The summed E-state index contributed by atoms with van der Waals surface area (Å²) >= 11 is 12.0. The highest BCUT2D eigenvalue weighted by Crippen LogP contribution is 2.23. The summed E-state index contributed by atoms with van der Waals surface area (Å²) in [4.78, 5) is 18.2. The van der Waals surface area contributed by atoms with Gasteiger partial charge in [0, 0.05) is 51.0 Å². The van der Waals surface area contributed by atoms with E-state index >= 15 is 0 Å². The average Bonchev–Trinajstić information content (AvgIpc) is 3.21. The number of hydrogen-bond donors (Lipinski definition) is 1. The normalized spacial score (nSPS) is 14.1. The van der Waals surface area contributed by atoms with Crippen molar-refractivity contribution in [3.63, 3.8) is 0 Å². The highest BCUT2D eigenvalue weighted by molar-refractivity contribution is 6.42. The van der Waals surface area contributed by atoms with Crippen molar-refractivity contribution in [1.82, 2.24) is 25.2 Å². The van der Waals surface area contributed by atoms with Crippen LogP contribution >= 0.6 is 23.2 Å². The van der Waals surface area contributed by atoms with Crippen molar-refractivity contribution in [2.75, 3.05) is 31.1 Å². The minimum Gasteiger partial charge on any atom is -0.368 e. The van der Waals surface area contributed by atoms with E-state index in [0.717, 1.165) is 35.6 Å². The van der Waals surface area contributed by atoms with E-state index in [2.05, 4.69) is 44.7 Å². The first-order chi connectivity index (χ1) is 14.5. The van der Waals surface area contributed by atoms with Crippen molar-refractivity contribution in [2.24, 2.45) is 7.05 Å². The predicted molar refractivity (Wildman–Crippen MR) is 119 cm³/mol. The number of benzene rings is 2. The van der Waals surface area contributed by atoms with Crippen molar-refractivity contribution in [3.05, 3.63) is 64.3 Å². The van der Waals surface area contributed by atoms with Crippen molar-refractivity contribution in [1.29, 1.82) is 0 Å². The van der Waals surface area contributed by atoms with E-state index in [1.807, 2.05) is 11.0 Å². The Hall–Kier alpha value is -2.77. The number of carbonyl (C=O) groups excluding carboxylic acids is 1. The van der Waals surface area contributed by atoms with Gasteiger partial charge in [-0.25, -0.2) is 4.79 Å². The standard InChI is InChI=1S/C21H22Cl2N6O/c1-27-25-14-20(26-27)16-3-5-17(6-4-16)28-8-10-29(11-9-28)21(30)24-13-15-2-7-18(22)19(23)12-15/h2-7,12,14H,8-11,13H2,1H3,(H,24,30). The third kappa shape index (κ3) is 4.68. The van der Waals surface area contributed by atoms with E-state index in [0.29, 0.717) is 29.7 Å². The lowest BCUT2D eigenvalue weighted by Crippen LogP contribution is -2.51.